The van der Waals surface area contributed by atoms with E-state index in [1.54, 1.807) is 32.3 Å². The largest absolute Gasteiger partial charge is 0.490 e. The van der Waals surface area contributed by atoms with Crippen LogP contribution in [0.5, 0.6) is 5.75 Å². The minimum Gasteiger partial charge on any atom is -0.490 e. The summed E-state index contributed by atoms with van der Waals surface area (Å²) in [4.78, 5) is 14.8. The number of rotatable bonds is 5. The maximum Gasteiger partial charge on any atom is 0.290 e. The summed E-state index contributed by atoms with van der Waals surface area (Å²) in [5, 5.41) is 9.76. The van der Waals surface area contributed by atoms with Crippen molar-refractivity contribution in [3.63, 3.8) is 0 Å². The number of nitrogens with one attached hydrogen (secondary N) is 1. The van der Waals surface area contributed by atoms with E-state index in [1.165, 1.54) is 4.57 Å². The van der Waals surface area contributed by atoms with Crippen molar-refractivity contribution >= 4 is 12.2 Å². The van der Waals surface area contributed by atoms with E-state index in [1.807, 2.05) is 19.1 Å². The molecule has 6 heteroatoms. The van der Waals surface area contributed by atoms with Crippen LogP contribution in [0.1, 0.15) is 26.3 Å². The Morgan fingerprint density at radius 3 is 2.77 bits per heavy atom. The maximum absolute atomic E-state index is 12.1. The number of aliphatic hydroxyl groups is 1. The third-order valence-corrected chi connectivity index (χ3v) is 3.43. The van der Waals surface area contributed by atoms with Gasteiger partial charge in [0.15, 0.2) is 4.64 Å². The zero-order valence-corrected chi connectivity index (χ0v) is 13.7. The quantitative estimate of drug-likeness (QED) is 0.831. The number of aromatic nitrogens is 2. The van der Waals surface area contributed by atoms with Crippen molar-refractivity contribution in [1.82, 2.24) is 9.55 Å². The van der Waals surface area contributed by atoms with Crippen LogP contribution in [-0.2, 0) is 6.42 Å². The third-order valence-electron chi connectivity index (χ3n) is 3.14. The Morgan fingerprint density at radius 2 is 2.14 bits per heavy atom. The molecule has 0 saturated heterocycles. The first-order chi connectivity index (χ1) is 10.3. The van der Waals surface area contributed by atoms with E-state index in [0.717, 1.165) is 17.7 Å². The molecule has 0 spiro atoms. The maximum atomic E-state index is 12.1. The standard InChI is InChI=1S/C16H20N2O3S/c1-4-11-9-12(18-8-7-17-14(22)15(18)19)5-6-13(11)21-10-16(2,3)20/h5-9,20H,4,10H2,1-3H3,(H,17,22). The van der Waals surface area contributed by atoms with Gasteiger partial charge >= 0.3 is 0 Å². The first-order valence-electron chi connectivity index (χ1n) is 7.10. The van der Waals surface area contributed by atoms with Crippen LogP contribution in [-0.4, -0.2) is 26.9 Å². The highest BCUT2D eigenvalue weighted by Gasteiger charge is 2.15. The molecule has 0 bridgehead atoms. The lowest BCUT2D eigenvalue weighted by Crippen LogP contribution is -2.28. The molecule has 5 nitrogen and oxygen atoms in total. The van der Waals surface area contributed by atoms with E-state index in [4.69, 9.17) is 17.0 Å². The number of aryl methyl sites for hydroxylation is 1. The van der Waals surface area contributed by atoms with E-state index in [-0.39, 0.29) is 16.8 Å². The van der Waals surface area contributed by atoms with Crippen LogP contribution in [0.25, 0.3) is 5.69 Å². The number of hydrogen-bond acceptors (Lipinski definition) is 4. The van der Waals surface area contributed by atoms with Gasteiger partial charge in [-0.1, -0.05) is 19.1 Å². The van der Waals surface area contributed by atoms with Crippen molar-refractivity contribution in [2.24, 2.45) is 0 Å². The summed E-state index contributed by atoms with van der Waals surface area (Å²) in [6.07, 6.45) is 4.03. The molecule has 2 rings (SSSR count). The van der Waals surface area contributed by atoms with E-state index in [2.05, 4.69) is 4.98 Å². The van der Waals surface area contributed by atoms with E-state index in [0.29, 0.717) is 5.75 Å². The van der Waals surface area contributed by atoms with Gasteiger partial charge in [0.2, 0.25) is 0 Å². The molecule has 118 valence electrons. The van der Waals surface area contributed by atoms with Crippen molar-refractivity contribution in [2.75, 3.05) is 6.61 Å². The molecular weight excluding hydrogens is 300 g/mol. The Bertz CT molecular complexity index is 772. The summed E-state index contributed by atoms with van der Waals surface area (Å²) in [5.74, 6) is 0.711. The van der Waals surface area contributed by atoms with Crippen molar-refractivity contribution < 1.29 is 9.84 Å². The number of hydrogen-bond donors (Lipinski definition) is 2. The second-order valence-electron chi connectivity index (χ2n) is 5.71. The lowest BCUT2D eigenvalue weighted by atomic mass is 10.1. The molecule has 2 N–H and O–H groups in total. The Labute approximate surface area is 134 Å². The highest BCUT2D eigenvalue weighted by Crippen LogP contribution is 2.23. The van der Waals surface area contributed by atoms with Gasteiger partial charge in [0.05, 0.1) is 5.60 Å². The number of aromatic amines is 1. The Morgan fingerprint density at radius 1 is 1.41 bits per heavy atom. The number of H-pyrrole nitrogens is 1. The summed E-state index contributed by atoms with van der Waals surface area (Å²) in [5.41, 5.74) is 0.544. The lowest BCUT2D eigenvalue weighted by molar-refractivity contribution is 0.0282. The first kappa shape index (κ1) is 16.5. The molecule has 0 radical (unpaired) electrons. The molecule has 0 aliphatic rings. The average Bonchev–Trinajstić information content (AvgIpc) is 2.47. The first-order valence-corrected chi connectivity index (χ1v) is 7.51. The van der Waals surface area contributed by atoms with Crippen molar-refractivity contribution in [1.29, 1.82) is 0 Å². The van der Waals surface area contributed by atoms with Crippen LogP contribution < -0.4 is 10.3 Å². The molecule has 0 saturated carbocycles. The van der Waals surface area contributed by atoms with Gasteiger partial charge in [0.25, 0.3) is 5.56 Å². The van der Waals surface area contributed by atoms with Crippen molar-refractivity contribution in [3.8, 4) is 11.4 Å². The molecule has 0 amide bonds. The molecule has 0 unspecified atom stereocenters. The second kappa shape index (κ2) is 6.46. The Balaban J connectivity index is 2.39. The fraction of sp³-hybridized carbons (Fsp3) is 0.375. The van der Waals surface area contributed by atoms with Gasteiger partial charge in [-0.25, -0.2) is 0 Å². The van der Waals surface area contributed by atoms with Gasteiger partial charge in [-0.05, 0) is 44.0 Å². The van der Waals surface area contributed by atoms with E-state index in [9.17, 15) is 9.90 Å². The zero-order chi connectivity index (χ0) is 16.3. The lowest BCUT2D eigenvalue weighted by Gasteiger charge is -2.19. The van der Waals surface area contributed by atoms with Crippen molar-refractivity contribution in [2.45, 2.75) is 32.8 Å². The fourth-order valence-electron chi connectivity index (χ4n) is 2.02. The number of nitrogens with zero attached hydrogens (tertiary/aromatic N) is 1. The summed E-state index contributed by atoms with van der Waals surface area (Å²) in [7, 11) is 0. The Kier molecular flexibility index (Phi) is 4.83. The fourth-order valence-corrected chi connectivity index (χ4v) is 2.18. The molecule has 2 aromatic rings. The monoisotopic (exact) mass is 320 g/mol. The predicted molar refractivity (Wildman–Crippen MR) is 88.4 cm³/mol. The van der Waals surface area contributed by atoms with Gasteiger partial charge in [0, 0.05) is 18.1 Å². The minimum atomic E-state index is -0.896. The molecule has 0 atom stereocenters. The highest BCUT2D eigenvalue weighted by atomic mass is 32.1. The van der Waals surface area contributed by atoms with Gasteiger partial charge in [-0.2, -0.15) is 0 Å². The summed E-state index contributed by atoms with van der Waals surface area (Å²) in [6.45, 7) is 5.60. The summed E-state index contributed by atoms with van der Waals surface area (Å²) >= 11 is 4.97. The SMILES string of the molecule is CCc1cc(-n2cc[nH]c(=S)c2=O)ccc1OCC(C)(C)O. The molecule has 1 aromatic heterocycles. The van der Waals surface area contributed by atoms with Crippen LogP contribution in [0.3, 0.4) is 0 Å². The minimum absolute atomic E-state index is 0.169. The van der Waals surface area contributed by atoms with Crippen LogP contribution in [0.15, 0.2) is 35.4 Å². The average molecular weight is 320 g/mol. The third kappa shape index (κ3) is 3.84. The second-order valence-corrected chi connectivity index (χ2v) is 6.12. The van der Waals surface area contributed by atoms with Crippen LogP contribution >= 0.6 is 12.2 Å². The molecule has 22 heavy (non-hydrogen) atoms. The van der Waals surface area contributed by atoms with Crippen LogP contribution in [0.2, 0.25) is 0 Å². The zero-order valence-electron chi connectivity index (χ0n) is 12.9. The number of ether oxygens (including phenoxy) is 1. The van der Waals surface area contributed by atoms with Gasteiger partial charge in [-0.3, -0.25) is 9.36 Å². The van der Waals surface area contributed by atoms with Gasteiger partial charge in [0.1, 0.15) is 12.4 Å². The van der Waals surface area contributed by atoms with Crippen LogP contribution in [0.4, 0.5) is 0 Å². The van der Waals surface area contributed by atoms with E-state index < -0.39 is 5.60 Å². The molecule has 0 fully saturated rings. The van der Waals surface area contributed by atoms with E-state index >= 15 is 0 Å². The Hall–Kier alpha value is -1.92. The molecule has 1 aromatic carbocycles. The predicted octanol–water partition coefficient (Wildman–Crippen LogP) is 2.61. The summed E-state index contributed by atoms with van der Waals surface area (Å²) in [6, 6.07) is 5.51. The molecule has 0 aliphatic heterocycles. The van der Waals surface area contributed by atoms with Gasteiger partial charge in [-0.15, -0.1) is 0 Å². The topological polar surface area (TPSA) is 67.2 Å². The molecule has 0 aliphatic carbocycles. The van der Waals surface area contributed by atoms with Gasteiger partial charge < -0.3 is 14.8 Å². The molecule has 1 heterocycles. The normalized spacial score (nSPS) is 11.5. The van der Waals surface area contributed by atoms with Crippen LogP contribution in [0, 0.1) is 4.64 Å². The number of benzene rings is 1. The summed E-state index contributed by atoms with van der Waals surface area (Å²) < 4.78 is 7.34. The highest BCUT2D eigenvalue weighted by molar-refractivity contribution is 7.71. The van der Waals surface area contributed by atoms with Crippen molar-refractivity contribution in [3.05, 3.63) is 51.2 Å². The molecular formula is C16H20N2O3S. The smallest absolute Gasteiger partial charge is 0.290 e.